The number of carboxylic acids is 2. The van der Waals surface area contributed by atoms with Crippen molar-refractivity contribution in [1.82, 2.24) is 9.78 Å². The largest absolute Gasteiger partial charge is 0.478 e. The van der Waals surface area contributed by atoms with Gasteiger partial charge in [-0.05, 0) is 18.2 Å². The second-order valence-electron chi connectivity index (χ2n) is 3.94. The van der Waals surface area contributed by atoms with Gasteiger partial charge in [0.2, 0.25) is 0 Å². The van der Waals surface area contributed by atoms with Crippen molar-refractivity contribution < 1.29 is 28.6 Å². The van der Waals surface area contributed by atoms with Crippen LogP contribution < -0.4 is 0 Å². The molecule has 0 aliphatic heterocycles. The highest BCUT2D eigenvalue weighted by Crippen LogP contribution is 2.26. The van der Waals surface area contributed by atoms with E-state index in [0.29, 0.717) is 0 Å². The van der Waals surface area contributed by atoms with Gasteiger partial charge in [-0.15, -0.1) is 0 Å². The highest BCUT2D eigenvalue weighted by Gasteiger charge is 2.21. The third kappa shape index (κ3) is 2.11. The number of halogens is 2. The van der Waals surface area contributed by atoms with Crippen LogP contribution in [0.3, 0.4) is 0 Å². The Morgan fingerprint density at radius 3 is 2.30 bits per heavy atom. The minimum absolute atomic E-state index is 0.0238. The summed E-state index contributed by atoms with van der Waals surface area (Å²) < 4.78 is 28.5. The summed E-state index contributed by atoms with van der Waals surface area (Å²) in [4.78, 5) is 21.5. The number of hydrogen-bond donors (Lipinski definition) is 2. The van der Waals surface area contributed by atoms with E-state index in [2.05, 4.69) is 5.10 Å². The minimum atomic E-state index is -1.59. The predicted octanol–water partition coefficient (Wildman–Crippen LogP) is 1.76. The molecule has 8 heteroatoms. The number of aromatic carboxylic acids is 2. The smallest absolute Gasteiger partial charge is 0.356 e. The molecule has 0 fully saturated rings. The molecule has 0 spiro atoms. The molecule has 0 saturated heterocycles. The predicted molar refractivity (Wildman–Crippen MR) is 62.5 cm³/mol. The molecule has 1 aromatic carbocycles. The SMILES string of the molecule is Cn1nc(C(=O)O)cc1-c1ccc(C(=O)O)c(F)c1F. The molecule has 0 amide bonds. The lowest BCUT2D eigenvalue weighted by Crippen LogP contribution is -2.05. The van der Waals surface area contributed by atoms with E-state index in [9.17, 15) is 18.4 Å². The molecular formula is C12H8F2N2O4. The van der Waals surface area contributed by atoms with Gasteiger partial charge in [0.15, 0.2) is 17.3 Å². The normalized spacial score (nSPS) is 10.6. The first-order chi connectivity index (χ1) is 9.32. The Kier molecular flexibility index (Phi) is 3.23. The third-order valence-electron chi connectivity index (χ3n) is 2.69. The van der Waals surface area contributed by atoms with Gasteiger partial charge in [0.05, 0.1) is 11.3 Å². The maximum Gasteiger partial charge on any atom is 0.356 e. The molecule has 2 rings (SSSR count). The average Bonchev–Trinajstić information content (AvgIpc) is 2.74. The van der Waals surface area contributed by atoms with Crippen LogP contribution in [0.5, 0.6) is 0 Å². The molecule has 2 aromatic rings. The topological polar surface area (TPSA) is 92.4 Å². The van der Waals surface area contributed by atoms with E-state index in [0.717, 1.165) is 22.9 Å². The van der Waals surface area contributed by atoms with Crippen molar-refractivity contribution in [3.63, 3.8) is 0 Å². The van der Waals surface area contributed by atoms with Gasteiger partial charge in [-0.3, -0.25) is 4.68 Å². The number of benzene rings is 1. The zero-order chi connectivity index (χ0) is 15.0. The first kappa shape index (κ1) is 13.7. The maximum absolute atomic E-state index is 13.9. The number of carbonyl (C=O) groups is 2. The van der Waals surface area contributed by atoms with Gasteiger partial charge < -0.3 is 10.2 Å². The monoisotopic (exact) mass is 282 g/mol. The van der Waals surface area contributed by atoms with Gasteiger partial charge in [-0.1, -0.05) is 0 Å². The zero-order valence-corrected chi connectivity index (χ0v) is 10.1. The highest BCUT2D eigenvalue weighted by atomic mass is 19.2. The molecule has 20 heavy (non-hydrogen) atoms. The molecule has 1 aromatic heterocycles. The van der Waals surface area contributed by atoms with Crippen LogP contribution in [-0.2, 0) is 7.05 Å². The molecule has 0 aliphatic carbocycles. The van der Waals surface area contributed by atoms with Gasteiger partial charge in [0.1, 0.15) is 0 Å². The summed E-state index contributed by atoms with van der Waals surface area (Å²) in [6, 6.07) is 3.04. The van der Waals surface area contributed by atoms with Crippen molar-refractivity contribution >= 4 is 11.9 Å². The van der Waals surface area contributed by atoms with E-state index in [1.807, 2.05) is 0 Å². The number of aryl methyl sites for hydroxylation is 1. The molecule has 0 unspecified atom stereocenters. The summed E-state index contributed by atoms with van der Waals surface area (Å²) in [7, 11) is 1.37. The quantitative estimate of drug-likeness (QED) is 0.894. The van der Waals surface area contributed by atoms with Crippen LogP contribution in [0.25, 0.3) is 11.3 Å². The van der Waals surface area contributed by atoms with Gasteiger partial charge in [0, 0.05) is 12.6 Å². The molecule has 0 radical (unpaired) electrons. The summed E-state index contributed by atoms with van der Waals surface area (Å²) in [6.07, 6.45) is 0. The standard InChI is InChI=1S/C12H8F2N2O4/c1-16-8(4-7(15-16)12(19)20)5-2-3-6(11(17)18)10(14)9(5)13/h2-4H,1H3,(H,17,18)(H,19,20). The van der Waals surface area contributed by atoms with E-state index >= 15 is 0 Å². The number of nitrogens with zero attached hydrogens (tertiary/aromatic N) is 2. The van der Waals surface area contributed by atoms with Crippen molar-refractivity contribution in [3.05, 3.63) is 41.1 Å². The summed E-state index contributed by atoms with van der Waals surface area (Å²) >= 11 is 0. The molecule has 0 bridgehead atoms. The van der Waals surface area contributed by atoms with Crippen molar-refractivity contribution in [2.75, 3.05) is 0 Å². The molecule has 0 aliphatic rings. The molecule has 0 saturated carbocycles. The summed E-state index contributed by atoms with van der Waals surface area (Å²) in [5.41, 5.74) is -1.37. The number of aromatic nitrogens is 2. The molecule has 104 valence electrons. The average molecular weight is 282 g/mol. The van der Waals surface area contributed by atoms with Crippen molar-refractivity contribution in [1.29, 1.82) is 0 Å². The van der Waals surface area contributed by atoms with Crippen LogP contribution in [0.4, 0.5) is 8.78 Å². The van der Waals surface area contributed by atoms with Gasteiger partial charge >= 0.3 is 11.9 Å². The van der Waals surface area contributed by atoms with E-state index in [-0.39, 0.29) is 17.0 Å². The van der Waals surface area contributed by atoms with Crippen molar-refractivity contribution in [2.24, 2.45) is 7.05 Å². The summed E-state index contributed by atoms with van der Waals surface area (Å²) in [5, 5.41) is 21.1. The molecule has 2 N–H and O–H groups in total. The van der Waals surface area contributed by atoms with Crippen LogP contribution in [0, 0.1) is 11.6 Å². The first-order valence-electron chi connectivity index (χ1n) is 5.32. The summed E-state index contributed by atoms with van der Waals surface area (Å²) in [6.45, 7) is 0. The Labute approximate surface area is 110 Å². The lowest BCUT2D eigenvalue weighted by Gasteiger charge is -2.06. The second-order valence-corrected chi connectivity index (χ2v) is 3.94. The van der Waals surface area contributed by atoms with Gasteiger partial charge in [-0.25, -0.2) is 18.4 Å². The molecule has 0 atom stereocenters. The Bertz CT molecular complexity index is 724. The van der Waals surface area contributed by atoms with E-state index in [1.54, 1.807) is 0 Å². The van der Waals surface area contributed by atoms with Crippen LogP contribution in [0.1, 0.15) is 20.8 Å². The first-order valence-corrected chi connectivity index (χ1v) is 5.32. The molecule has 1 heterocycles. The third-order valence-corrected chi connectivity index (χ3v) is 2.69. The number of carboxylic acid groups (broad SMARTS) is 2. The fourth-order valence-electron chi connectivity index (χ4n) is 1.74. The number of hydrogen-bond acceptors (Lipinski definition) is 3. The van der Waals surface area contributed by atoms with Crippen LogP contribution in [-0.4, -0.2) is 31.9 Å². The van der Waals surface area contributed by atoms with E-state index < -0.39 is 29.1 Å². The van der Waals surface area contributed by atoms with Crippen molar-refractivity contribution in [2.45, 2.75) is 0 Å². The fraction of sp³-hybridized carbons (Fsp3) is 0.0833. The lowest BCUT2D eigenvalue weighted by atomic mass is 10.1. The minimum Gasteiger partial charge on any atom is -0.478 e. The van der Waals surface area contributed by atoms with E-state index in [4.69, 9.17) is 10.2 Å². The Morgan fingerprint density at radius 2 is 1.80 bits per heavy atom. The lowest BCUT2D eigenvalue weighted by molar-refractivity contribution is 0.0679. The number of rotatable bonds is 3. The second kappa shape index (κ2) is 4.72. The zero-order valence-electron chi connectivity index (χ0n) is 10.1. The van der Waals surface area contributed by atoms with Crippen LogP contribution >= 0.6 is 0 Å². The molecule has 6 nitrogen and oxygen atoms in total. The van der Waals surface area contributed by atoms with E-state index in [1.165, 1.54) is 7.05 Å². The maximum atomic E-state index is 13.9. The van der Waals surface area contributed by atoms with Gasteiger partial charge in [-0.2, -0.15) is 5.10 Å². The van der Waals surface area contributed by atoms with Crippen molar-refractivity contribution in [3.8, 4) is 11.3 Å². The Balaban J connectivity index is 2.62. The van der Waals surface area contributed by atoms with Crippen LogP contribution in [0.15, 0.2) is 18.2 Å². The Morgan fingerprint density at radius 1 is 1.15 bits per heavy atom. The Hall–Kier alpha value is -2.77. The fourth-order valence-corrected chi connectivity index (χ4v) is 1.74. The van der Waals surface area contributed by atoms with Crippen LogP contribution in [0.2, 0.25) is 0 Å². The molecular weight excluding hydrogens is 274 g/mol. The summed E-state index contributed by atoms with van der Waals surface area (Å²) in [5.74, 6) is -5.78. The highest BCUT2D eigenvalue weighted by molar-refractivity contribution is 5.89. The van der Waals surface area contributed by atoms with Gasteiger partial charge in [0.25, 0.3) is 0 Å².